The third kappa shape index (κ3) is 2.31. The van der Waals surface area contributed by atoms with Gasteiger partial charge in [0.1, 0.15) is 0 Å². The van der Waals surface area contributed by atoms with Gasteiger partial charge in [-0.25, -0.2) is 0 Å². The molecule has 0 saturated heterocycles. The van der Waals surface area contributed by atoms with E-state index in [1.807, 2.05) is 11.3 Å². The lowest BCUT2D eigenvalue weighted by Gasteiger charge is -2.03. The Hall–Kier alpha value is -0.340. The first-order chi connectivity index (χ1) is 5.24. The van der Waals surface area contributed by atoms with Crippen LogP contribution in [0.2, 0.25) is 0 Å². The summed E-state index contributed by atoms with van der Waals surface area (Å²) in [6.45, 7) is 4.24. The van der Waals surface area contributed by atoms with Gasteiger partial charge in [-0.3, -0.25) is 0 Å². The van der Waals surface area contributed by atoms with E-state index in [0.29, 0.717) is 6.04 Å². The topological polar surface area (TPSA) is 26.0 Å². The van der Waals surface area contributed by atoms with Crippen LogP contribution < -0.4 is 5.73 Å². The van der Waals surface area contributed by atoms with Crippen LogP contribution in [-0.2, 0) is 12.8 Å². The molecule has 0 aliphatic heterocycles. The van der Waals surface area contributed by atoms with Gasteiger partial charge in [0, 0.05) is 10.9 Å². The van der Waals surface area contributed by atoms with E-state index >= 15 is 0 Å². The maximum absolute atomic E-state index is 5.71. The Morgan fingerprint density at radius 3 is 2.91 bits per heavy atom. The smallest absolute Gasteiger partial charge is 0.00923 e. The lowest BCUT2D eigenvalue weighted by Crippen LogP contribution is -2.17. The minimum atomic E-state index is 0.291. The Kier molecular flexibility index (Phi) is 3.09. The highest BCUT2D eigenvalue weighted by molar-refractivity contribution is 7.10. The maximum Gasteiger partial charge on any atom is 0.00923 e. The van der Waals surface area contributed by atoms with Crippen LogP contribution in [0.15, 0.2) is 11.4 Å². The molecule has 0 amide bonds. The van der Waals surface area contributed by atoms with E-state index in [2.05, 4.69) is 25.3 Å². The first kappa shape index (κ1) is 8.75. The summed E-state index contributed by atoms with van der Waals surface area (Å²) < 4.78 is 0. The van der Waals surface area contributed by atoms with Crippen molar-refractivity contribution in [3.63, 3.8) is 0 Å². The molecule has 1 nitrogen and oxygen atoms in total. The van der Waals surface area contributed by atoms with E-state index in [9.17, 15) is 0 Å². The molecule has 0 unspecified atom stereocenters. The van der Waals surface area contributed by atoms with Crippen molar-refractivity contribution in [2.75, 3.05) is 0 Å². The lowest BCUT2D eigenvalue weighted by molar-refractivity contribution is 0.741. The fraction of sp³-hybridized carbons (Fsp3) is 0.556. The zero-order valence-electron chi connectivity index (χ0n) is 7.13. The summed E-state index contributed by atoms with van der Waals surface area (Å²) in [6, 6.07) is 2.49. The van der Waals surface area contributed by atoms with E-state index in [4.69, 9.17) is 5.73 Å². The minimum absolute atomic E-state index is 0.291. The molecule has 2 heteroatoms. The zero-order valence-corrected chi connectivity index (χ0v) is 7.95. The molecule has 1 aromatic rings. The van der Waals surface area contributed by atoms with Gasteiger partial charge in [0.2, 0.25) is 0 Å². The molecule has 0 aromatic carbocycles. The predicted molar refractivity (Wildman–Crippen MR) is 51.1 cm³/mol. The number of nitrogens with two attached hydrogens (primary N) is 1. The zero-order chi connectivity index (χ0) is 8.27. The molecule has 1 atom stereocenters. The molecule has 1 aromatic heterocycles. The van der Waals surface area contributed by atoms with Crippen LogP contribution in [0.3, 0.4) is 0 Å². The second kappa shape index (κ2) is 3.88. The van der Waals surface area contributed by atoms with Crippen molar-refractivity contribution in [3.05, 3.63) is 21.9 Å². The van der Waals surface area contributed by atoms with E-state index in [1.54, 1.807) is 0 Å². The molecule has 0 aliphatic carbocycles. The molecule has 0 spiro atoms. The molecular formula is C9H15NS. The van der Waals surface area contributed by atoms with Crippen molar-refractivity contribution in [3.8, 4) is 0 Å². The molecule has 11 heavy (non-hydrogen) atoms. The number of hydrogen-bond acceptors (Lipinski definition) is 2. The van der Waals surface area contributed by atoms with Crippen LogP contribution in [-0.4, -0.2) is 6.04 Å². The number of rotatable bonds is 3. The standard InChI is InChI=1S/C9H15NS/c1-3-8-4-5-11-9(8)6-7(2)10/h4-5,7H,3,6,10H2,1-2H3/t7-/m1/s1. The Morgan fingerprint density at radius 2 is 2.36 bits per heavy atom. The van der Waals surface area contributed by atoms with Gasteiger partial charge in [0.25, 0.3) is 0 Å². The van der Waals surface area contributed by atoms with Crippen LogP contribution in [0.5, 0.6) is 0 Å². The van der Waals surface area contributed by atoms with Crippen LogP contribution in [0.4, 0.5) is 0 Å². The summed E-state index contributed by atoms with van der Waals surface area (Å²) in [5.41, 5.74) is 7.18. The first-order valence-corrected chi connectivity index (χ1v) is 4.92. The predicted octanol–water partition coefficient (Wildman–Crippen LogP) is 2.20. The van der Waals surface area contributed by atoms with Crippen molar-refractivity contribution in [1.29, 1.82) is 0 Å². The maximum atomic E-state index is 5.71. The molecule has 0 radical (unpaired) electrons. The van der Waals surface area contributed by atoms with Crippen molar-refractivity contribution >= 4 is 11.3 Å². The molecule has 0 bridgehead atoms. The second-order valence-electron chi connectivity index (χ2n) is 2.90. The Morgan fingerprint density at radius 1 is 1.64 bits per heavy atom. The fourth-order valence-corrected chi connectivity index (χ4v) is 2.27. The average Bonchev–Trinajstić information content (AvgIpc) is 2.34. The van der Waals surface area contributed by atoms with Gasteiger partial charge in [-0.15, -0.1) is 11.3 Å². The first-order valence-electron chi connectivity index (χ1n) is 4.04. The Labute approximate surface area is 72.2 Å². The van der Waals surface area contributed by atoms with Crippen molar-refractivity contribution in [2.24, 2.45) is 5.73 Å². The van der Waals surface area contributed by atoms with Crippen molar-refractivity contribution in [2.45, 2.75) is 32.7 Å². The second-order valence-corrected chi connectivity index (χ2v) is 3.90. The van der Waals surface area contributed by atoms with Crippen molar-refractivity contribution in [1.82, 2.24) is 0 Å². The van der Waals surface area contributed by atoms with Crippen LogP contribution in [0.1, 0.15) is 24.3 Å². The highest BCUT2D eigenvalue weighted by atomic mass is 32.1. The van der Waals surface area contributed by atoms with Gasteiger partial charge in [0.05, 0.1) is 0 Å². The van der Waals surface area contributed by atoms with E-state index in [0.717, 1.165) is 12.8 Å². The fourth-order valence-electron chi connectivity index (χ4n) is 1.15. The third-order valence-corrected chi connectivity index (χ3v) is 2.71. The lowest BCUT2D eigenvalue weighted by atomic mass is 10.1. The van der Waals surface area contributed by atoms with E-state index < -0.39 is 0 Å². The van der Waals surface area contributed by atoms with Gasteiger partial charge in [0.15, 0.2) is 0 Å². The molecule has 2 N–H and O–H groups in total. The average molecular weight is 169 g/mol. The molecule has 1 rings (SSSR count). The van der Waals surface area contributed by atoms with Crippen LogP contribution in [0, 0.1) is 0 Å². The number of aryl methyl sites for hydroxylation is 1. The molecule has 62 valence electrons. The summed E-state index contributed by atoms with van der Waals surface area (Å²) in [7, 11) is 0. The van der Waals surface area contributed by atoms with Crippen LogP contribution >= 0.6 is 11.3 Å². The molecular weight excluding hydrogens is 154 g/mol. The van der Waals surface area contributed by atoms with Gasteiger partial charge in [-0.05, 0) is 36.8 Å². The summed E-state index contributed by atoms with van der Waals surface area (Å²) in [6.07, 6.45) is 2.16. The van der Waals surface area contributed by atoms with Gasteiger partial charge in [-0.1, -0.05) is 6.92 Å². The highest BCUT2D eigenvalue weighted by Gasteiger charge is 2.03. The van der Waals surface area contributed by atoms with Gasteiger partial charge < -0.3 is 5.73 Å². The Balaban J connectivity index is 2.68. The summed E-state index contributed by atoms with van der Waals surface area (Å²) in [5, 5.41) is 2.15. The quantitative estimate of drug-likeness (QED) is 0.737. The monoisotopic (exact) mass is 169 g/mol. The third-order valence-electron chi connectivity index (χ3n) is 1.73. The van der Waals surface area contributed by atoms with E-state index in [1.165, 1.54) is 10.4 Å². The summed E-state index contributed by atoms with van der Waals surface area (Å²) in [5.74, 6) is 0. The summed E-state index contributed by atoms with van der Waals surface area (Å²) >= 11 is 1.82. The molecule has 0 aliphatic rings. The molecule has 0 saturated carbocycles. The summed E-state index contributed by atoms with van der Waals surface area (Å²) in [4.78, 5) is 1.46. The SMILES string of the molecule is CCc1ccsc1C[C@@H](C)N. The van der Waals surface area contributed by atoms with Crippen LogP contribution in [0.25, 0.3) is 0 Å². The number of hydrogen-bond donors (Lipinski definition) is 1. The molecule has 1 heterocycles. The minimum Gasteiger partial charge on any atom is -0.328 e. The van der Waals surface area contributed by atoms with Gasteiger partial charge in [-0.2, -0.15) is 0 Å². The number of thiophene rings is 1. The normalized spacial score (nSPS) is 13.4. The largest absolute Gasteiger partial charge is 0.328 e. The molecule has 0 fully saturated rings. The Bertz CT molecular complexity index is 215. The highest BCUT2D eigenvalue weighted by Crippen LogP contribution is 2.18. The van der Waals surface area contributed by atoms with Crippen molar-refractivity contribution < 1.29 is 0 Å². The van der Waals surface area contributed by atoms with Gasteiger partial charge >= 0.3 is 0 Å². The van der Waals surface area contributed by atoms with E-state index in [-0.39, 0.29) is 0 Å².